The summed E-state index contributed by atoms with van der Waals surface area (Å²) in [5, 5.41) is 21.9. The molecule has 1 aliphatic rings. The number of phenols is 1. The van der Waals surface area contributed by atoms with Crippen LogP contribution in [-0.2, 0) is 13.1 Å². The van der Waals surface area contributed by atoms with Gasteiger partial charge in [-0.15, -0.1) is 0 Å². The van der Waals surface area contributed by atoms with Crippen molar-refractivity contribution in [2.24, 2.45) is 5.92 Å². The molecule has 0 fully saturated rings. The number of phenolic OH excluding ortho intramolecular Hbond substituents is 1. The number of aromatic amines is 1. The molecule has 0 aliphatic carbocycles. The minimum atomic E-state index is -0.200. The summed E-state index contributed by atoms with van der Waals surface area (Å²) in [6.07, 6.45) is 0. The number of hydrogen-bond donors (Lipinski definition) is 3. The Labute approximate surface area is 194 Å². The highest BCUT2D eigenvalue weighted by atomic mass is 16.5. The van der Waals surface area contributed by atoms with Crippen LogP contribution < -0.4 is 10.1 Å². The summed E-state index contributed by atoms with van der Waals surface area (Å²) in [5.74, 6) is 1.71. The molecule has 3 aromatic rings. The van der Waals surface area contributed by atoms with Gasteiger partial charge in [0.25, 0.3) is 5.91 Å². The zero-order chi connectivity index (χ0) is 23.5. The van der Waals surface area contributed by atoms with Crippen LogP contribution in [0.1, 0.15) is 42.3 Å². The SMILES string of the molecule is CCN(C)CCOc1ccc2c(c1)CN(C(=O)c1cc3c(NCC(C)C)n[nH]c3cc1O)C2. The lowest BCUT2D eigenvalue weighted by atomic mass is 10.1. The second kappa shape index (κ2) is 9.70. The van der Waals surface area contributed by atoms with Crippen LogP contribution in [0.2, 0.25) is 0 Å². The molecule has 0 spiro atoms. The highest BCUT2D eigenvalue weighted by Gasteiger charge is 2.27. The molecule has 33 heavy (non-hydrogen) atoms. The molecule has 0 saturated carbocycles. The number of carbonyl (C=O) groups excluding carboxylic acids is 1. The predicted molar refractivity (Wildman–Crippen MR) is 130 cm³/mol. The van der Waals surface area contributed by atoms with Gasteiger partial charge in [0.15, 0.2) is 5.82 Å². The van der Waals surface area contributed by atoms with Gasteiger partial charge in [-0.2, -0.15) is 5.10 Å². The van der Waals surface area contributed by atoms with Crippen molar-refractivity contribution < 1.29 is 14.6 Å². The van der Waals surface area contributed by atoms with Crippen molar-refractivity contribution in [1.82, 2.24) is 20.0 Å². The number of fused-ring (bicyclic) bond motifs is 2. The Hall–Kier alpha value is -3.26. The molecule has 176 valence electrons. The van der Waals surface area contributed by atoms with Crippen LogP contribution >= 0.6 is 0 Å². The number of benzene rings is 2. The van der Waals surface area contributed by atoms with Crippen LogP contribution in [0.15, 0.2) is 30.3 Å². The lowest BCUT2D eigenvalue weighted by molar-refractivity contribution is 0.0748. The van der Waals surface area contributed by atoms with Gasteiger partial charge in [-0.25, -0.2) is 0 Å². The molecule has 2 aromatic carbocycles. The number of amides is 1. The number of nitrogens with one attached hydrogen (secondary N) is 2. The first-order valence-electron chi connectivity index (χ1n) is 11.5. The number of aromatic nitrogens is 2. The number of anilines is 1. The number of H-pyrrole nitrogens is 1. The van der Waals surface area contributed by atoms with Crippen molar-refractivity contribution in [3.05, 3.63) is 47.0 Å². The Balaban J connectivity index is 1.48. The minimum Gasteiger partial charge on any atom is -0.507 e. The molecule has 8 heteroatoms. The van der Waals surface area contributed by atoms with Gasteiger partial charge in [0, 0.05) is 37.6 Å². The predicted octanol–water partition coefficient (Wildman–Crippen LogP) is 3.82. The van der Waals surface area contributed by atoms with Crippen molar-refractivity contribution in [3.8, 4) is 11.5 Å². The number of rotatable bonds is 9. The van der Waals surface area contributed by atoms with Crippen molar-refractivity contribution in [3.63, 3.8) is 0 Å². The first-order valence-corrected chi connectivity index (χ1v) is 11.5. The number of likely N-dealkylation sites (N-methyl/N-ethyl adjacent to an activating group) is 1. The summed E-state index contributed by atoms with van der Waals surface area (Å²) < 4.78 is 5.89. The minimum absolute atomic E-state index is 0.0495. The summed E-state index contributed by atoms with van der Waals surface area (Å²) in [7, 11) is 2.06. The van der Waals surface area contributed by atoms with Gasteiger partial charge >= 0.3 is 0 Å². The fraction of sp³-hybridized carbons (Fsp3) is 0.440. The molecular weight excluding hydrogens is 418 g/mol. The number of hydrogen-bond acceptors (Lipinski definition) is 6. The molecule has 1 aliphatic heterocycles. The number of ether oxygens (including phenoxy) is 1. The lowest BCUT2D eigenvalue weighted by Crippen LogP contribution is -2.25. The van der Waals surface area contributed by atoms with Gasteiger partial charge in [-0.05, 0) is 48.8 Å². The third-order valence-electron chi connectivity index (χ3n) is 6.06. The second-order valence-electron chi connectivity index (χ2n) is 9.10. The highest BCUT2D eigenvalue weighted by Crippen LogP contribution is 2.32. The standard InChI is InChI=1S/C25H33N5O3/c1-5-29(4)8-9-33-19-7-6-17-14-30(15-18(17)10-19)25(32)21-11-20-22(12-23(21)31)27-28-24(20)26-13-16(2)3/h6-7,10-12,16,31H,5,8-9,13-15H2,1-4H3,(H2,26,27,28). The number of nitrogens with zero attached hydrogens (tertiary/aromatic N) is 3. The largest absolute Gasteiger partial charge is 0.507 e. The number of aromatic hydroxyl groups is 1. The topological polar surface area (TPSA) is 93.7 Å². The smallest absolute Gasteiger partial charge is 0.258 e. The van der Waals surface area contributed by atoms with Crippen LogP contribution in [0.3, 0.4) is 0 Å². The Morgan fingerprint density at radius 1 is 1.27 bits per heavy atom. The van der Waals surface area contributed by atoms with E-state index >= 15 is 0 Å². The zero-order valence-electron chi connectivity index (χ0n) is 19.8. The van der Waals surface area contributed by atoms with Gasteiger partial charge in [0.05, 0.1) is 11.1 Å². The van der Waals surface area contributed by atoms with E-state index in [1.54, 1.807) is 17.0 Å². The van der Waals surface area contributed by atoms with E-state index in [0.717, 1.165) is 41.9 Å². The molecule has 0 atom stereocenters. The van der Waals surface area contributed by atoms with Gasteiger partial charge in [-0.3, -0.25) is 9.89 Å². The molecular formula is C25H33N5O3. The molecule has 0 radical (unpaired) electrons. The molecule has 2 heterocycles. The van der Waals surface area contributed by atoms with Crippen molar-refractivity contribution >= 4 is 22.6 Å². The Morgan fingerprint density at radius 2 is 2.06 bits per heavy atom. The Kier molecular flexibility index (Phi) is 6.74. The third kappa shape index (κ3) is 5.06. The summed E-state index contributed by atoms with van der Waals surface area (Å²) in [5.41, 5.74) is 3.15. The van der Waals surface area contributed by atoms with Gasteiger partial charge < -0.3 is 25.0 Å². The normalized spacial score (nSPS) is 13.2. The molecule has 0 unspecified atom stereocenters. The first-order chi connectivity index (χ1) is 15.9. The van der Waals surface area contributed by atoms with Gasteiger partial charge in [0.2, 0.25) is 0 Å². The fourth-order valence-electron chi connectivity index (χ4n) is 3.91. The Bertz CT molecular complexity index is 1140. The second-order valence-corrected chi connectivity index (χ2v) is 9.10. The van der Waals surface area contributed by atoms with Crippen molar-refractivity contribution in [1.29, 1.82) is 0 Å². The number of carbonyl (C=O) groups is 1. The third-order valence-corrected chi connectivity index (χ3v) is 6.06. The lowest BCUT2D eigenvalue weighted by Gasteiger charge is -2.16. The maximum absolute atomic E-state index is 13.3. The summed E-state index contributed by atoms with van der Waals surface area (Å²) in [6.45, 7) is 10.6. The van der Waals surface area contributed by atoms with Crippen molar-refractivity contribution in [2.45, 2.75) is 33.9 Å². The highest BCUT2D eigenvalue weighted by molar-refractivity contribution is 6.03. The molecule has 1 amide bonds. The summed E-state index contributed by atoms with van der Waals surface area (Å²) >= 11 is 0. The summed E-state index contributed by atoms with van der Waals surface area (Å²) in [6, 6.07) is 9.29. The average molecular weight is 452 g/mol. The molecule has 4 rings (SSSR count). The van der Waals surface area contributed by atoms with E-state index in [1.165, 1.54) is 0 Å². The first kappa shape index (κ1) is 22.9. The van der Waals surface area contributed by atoms with Gasteiger partial charge in [0.1, 0.15) is 18.1 Å². The maximum Gasteiger partial charge on any atom is 0.258 e. The molecule has 0 saturated heterocycles. The summed E-state index contributed by atoms with van der Waals surface area (Å²) in [4.78, 5) is 17.3. The molecule has 1 aromatic heterocycles. The molecule has 0 bridgehead atoms. The molecule has 3 N–H and O–H groups in total. The van der Waals surface area contributed by atoms with E-state index in [-0.39, 0.29) is 17.2 Å². The van der Waals surface area contributed by atoms with E-state index in [2.05, 4.69) is 48.2 Å². The Morgan fingerprint density at radius 3 is 2.82 bits per heavy atom. The quantitative estimate of drug-likeness (QED) is 0.458. The monoisotopic (exact) mass is 451 g/mol. The van der Waals surface area contributed by atoms with Gasteiger partial charge in [-0.1, -0.05) is 26.8 Å². The maximum atomic E-state index is 13.3. The van der Waals surface area contributed by atoms with E-state index in [1.807, 2.05) is 18.2 Å². The van der Waals surface area contributed by atoms with Crippen LogP contribution in [0.4, 0.5) is 5.82 Å². The van der Waals surface area contributed by atoms with Crippen LogP contribution in [0.5, 0.6) is 11.5 Å². The van der Waals surface area contributed by atoms with Crippen LogP contribution in [0.25, 0.3) is 10.9 Å². The average Bonchev–Trinajstić information content (AvgIpc) is 3.39. The van der Waals surface area contributed by atoms with E-state index in [4.69, 9.17) is 4.74 Å². The van der Waals surface area contributed by atoms with E-state index in [9.17, 15) is 9.90 Å². The van der Waals surface area contributed by atoms with Crippen LogP contribution in [0, 0.1) is 5.92 Å². The van der Waals surface area contributed by atoms with Crippen LogP contribution in [-0.4, -0.2) is 64.3 Å². The molecule has 8 nitrogen and oxygen atoms in total. The van der Waals surface area contributed by atoms with E-state index < -0.39 is 0 Å². The fourth-order valence-corrected chi connectivity index (χ4v) is 3.91. The van der Waals surface area contributed by atoms with Crippen molar-refractivity contribution in [2.75, 3.05) is 38.6 Å². The van der Waals surface area contributed by atoms with E-state index in [0.29, 0.717) is 36.9 Å². The zero-order valence-corrected chi connectivity index (χ0v) is 19.8.